The number of carboxylic acid groups (broad SMARTS) is 1. The molecule has 8 nitrogen and oxygen atoms in total. The third-order valence-corrected chi connectivity index (χ3v) is 3.27. The maximum absolute atomic E-state index is 11.6. The van der Waals surface area contributed by atoms with E-state index >= 15 is 0 Å². The Hall–Kier alpha value is -0.260. The Balaban J connectivity index is 0.00000200. The van der Waals surface area contributed by atoms with Crippen LogP contribution in [0, 0.1) is 0 Å². The van der Waals surface area contributed by atoms with Crippen LogP contribution in [-0.4, -0.2) is 94.8 Å². The molecule has 1 aliphatic heterocycles. The smallest absolute Gasteiger partial charge is 0.352 e. The van der Waals surface area contributed by atoms with Crippen molar-refractivity contribution in [3.8, 4) is 0 Å². The van der Waals surface area contributed by atoms with Gasteiger partial charge in [-0.3, -0.25) is 9.35 Å². The molecule has 0 bridgehead atoms. The fraction of sp³-hybridized carbons (Fsp3) is 0.100. The average molecular weight is 330 g/mol. The quantitative estimate of drug-likeness (QED) is 0.560. The molecule has 1 heterocycles. The maximum atomic E-state index is 11.6. The fourth-order valence-corrected chi connectivity index (χ4v) is 1.99. The van der Waals surface area contributed by atoms with Crippen LogP contribution in [-0.2, 0) is 19.7 Å². The van der Waals surface area contributed by atoms with E-state index in [1.54, 1.807) is 0 Å². The maximum Gasteiger partial charge on any atom is 0.352 e. The number of hydrogen-bond acceptors (Lipinski definition) is 5. The largest absolute Gasteiger partial charge is 0.477 e. The zero-order chi connectivity index (χ0) is 14.2. The molecule has 0 aliphatic carbocycles. The molecule has 0 aromatic heterocycles. The second kappa shape index (κ2) is 7.84. The third kappa shape index (κ3) is 4.86. The van der Waals surface area contributed by atoms with Crippen molar-refractivity contribution in [2.24, 2.45) is 5.10 Å². The molecule has 1 amide bonds. The second-order valence-corrected chi connectivity index (χ2v) is 5.12. The first kappa shape index (κ1) is 20.7. The molecular weight excluding hydrogens is 322 g/mol. The van der Waals surface area contributed by atoms with E-state index in [1.165, 1.54) is 12.1 Å². The van der Waals surface area contributed by atoms with Gasteiger partial charge in [-0.05, 0) is 24.3 Å². The van der Waals surface area contributed by atoms with E-state index in [2.05, 4.69) is 5.10 Å². The van der Waals surface area contributed by atoms with Crippen molar-refractivity contribution in [3.05, 3.63) is 24.3 Å². The number of nitrogens with zero attached hydrogens (tertiary/aromatic N) is 2. The molecule has 0 unspecified atom stereocenters. The van der Waals surface area contributed by atoms with Crippen molar-refractivity contribution < 1.29 is 27.7 Å². The van der Waals surface area contributed by atoms with Crippen LogP contribution < -0.4 is 5.01 Å². The Kier molecular flexibility index (Phi) is 7.74. The minimum absolute atomic E-state index is 0. The van der Waals surface area contributed by atoms with Gasteiger partial charge in [0, 0.05) is 59.1 Å². The van der Waals surface area contributed by atoms with Crippen molar-refractivity contribution in [3.63, 3.8) is 0 Å². The predicted molar refractivity (Wildman–Crippen MR) is 74.9 cm³/mol. The van der Waals surface area contributed by atoms with Gasteiger partial charge in [0.15, 0.2) is 5.71 Å². The standard InChI is InChI=1S/C10H8N2O6S.2Na/c13-9-5-8(10(14)15)11-12(9)6-1-3-7(4-2-6)19(16,17)18;;/h1-4H,5H2,(H,14,15)(H,16,17,18);;. The number of carbonyl (C=O) groups excluding carboxylic acids is 1. The predicted octanol–water partition coefficient (Wildman–Crippen LogP) is -0.651. The number of aliphatic carboxylic acids is 1. The van der Waals surface area contributed by atoms with E-state index in [0.717, 1.165) is 17.1 Å². The van der Waals surface area contributed by atoms with Crippen LogP contribution in [0.2, 0.25) is 0 Å². The molecule has 0 saturated carbocycles. The molecule has 21 heavy (non-hydrogen) atoms. The van der Waals surface area contributed by atoms with Crippen LogP contribution in [0.3, 0.4) is 0 Å². The topological polar surface area (TPSA) is 124 Å². The Bertz CT molecular complexity index is 686. The first-order chi connectivity index (χ1) is 8.79. The summed E-state index contributed by atoms with van der Waals surface area (Å²) in [5.41, 5.74) is -0.0718. The zero-order valence-electron chi connectivity index (χ0n) is 11.3. The summed E-state index contributed by atoms with van der Waals surface area (Å²) in [7, 11) is -4.31. The van der Waals surface area contributed by atoms with Gasteiger partial charge in [0.05, 0.1) is 17.0 Å². The van der Waals surface area contributed by atoms with E-state index in [4.69, 9.17) is 9.66 Å². The molecule has 2 rings (SSSR count). The summed E-state index contributed by atoms with van der Waals surface area (Å²) in [6.45, 7) is 0. The van der Waals surface area contributed by atoms with Crippen molar-refractivity contribution >= 4 is 92.5 Å². The van der Waals surface area contributed by atoms with E-state index in [1.807, 2.05) is 0 Å². The number of hydrogen-bond donors (Lipinski definition) is 2. The van der Waals surface area contributed by atoms with E-state index in [9.17, 15) is 18.0 Å². The zero-order valence-corrected chi connectivity index (χ0v) is 16.2. The number of carbonyl (C=O) groups is 2. The number of rotatable bonds is 3. The summed E-state index contributed by atoms with van der Waals surface area (Å²) >= 11 is 0. The van der Waals surface area contributed by atoms with Gasteiger partial charge in [-0.2, -0.15) is 18.5 Å². The Labute approximate surface area is 164 Å². The second-order valence-electron chi connectivity index (χ2n) is 3.70. The fourth-order valence-electron chi connectivity index (χ4n) is 1.51. The van der Waals surface area contributed by atoms with Crippen molar-refractivity contribution in [1.82, 2.24) is 0 Å². The van der Waals surface area contributed by atoms with E-state index in [0.29, 0.717) is 0 Å². The molecule has 2 N–H and O–H groups in total. The van der Waals surface area contributed by atoms with Gasteiger partial charge in [0.1, 0.15) is 0 Å². The number of benzene rings is 1. The van der Waals surface area contributed by atoms with E-state index in [-0.39, 0.29) is 81.8 Å². The molecular formula is C10H8N2Na2O6S. The van der Waals surface area contributed by atoms with Crippen molar-refractivity contribution in [2.75, 3.05) is 5.01 Å². The third-order valence-electron chi connectivity index (χ3n) is 2.40. The average Bonchev–Trinajstić information content (AvgIpc) is 2.70. The number of anilines is 1. The van der Waals surface area contributed by atoms with Crippen LogP contribution in [0.15, 0.2) is 34.3 Å². The summed E-state index contributed by atoms with van der Waals surface area (Å²) < 4.78 is 30.5. The van der Waals surface area contributed by atoms with E-state index < -0.39 is 22.0 Å². The SMILES string of the molecule is O=C(O)C1=NN(c2ccc(S(=O)(=O)O)cc2)C(=O)C1.[Na].[Na]. The summed E-state index contributed by atoms with van der Waals surface area (Å²) in [6.07, 6.45) is -0.324. The minimum atomic E-state index is -4.31. The van der Waals surface area contributed by atoms with Gasteiger partial charge in [-0.15, -0.1) is 0 Å². The van der Waals surface area contributed by atoms with Crippen LogP contribution in [0.1, 0.15) is 6.42 Å². The van der Waals surface area contributed by atoms with Gasteiger partial charge < -0.3 is 5.11 Å². The van der Waals surface area contributed by atoms with Gasteiger partial charge in [0.25, 0.3) is 16.0 Å². The monoisotopic (exact) mass is 330 g/mol. The molecule has 0 atom stereocenters. The van der Waals surface area contributed by atoms with Gasteiger partial charge in [0.2, 0.25) is 0 Å². The number of hydrazone groups is 1. The molecule has 0 fully saturated rings. The molecule has 1 aliphatic rings. The molecule has 1 aromatic carbocycles. The molecule has 0 saturated heterocycles. The van der Waals surface area contributed by atoms with Crippen molar-refractivity contribution in [2.45, 2.75) is 11.3 Å². The summed E-state index contributed by atoms with van der Waals surface area (Å²) in [5, 5.41) is 13.2. The Morgan fingerprint density at radius 3 is 2.10 bits per heavy atom. The molecule has 0 spiro atoms. The minimum Gasteiger partial charge on any atom is -0.477 e. The Morgan fingerprint density at radius 1 is 1.19 bits per heavy atom. The Morgan fingerprint density at radius 2 is 1.71 bits per heavy atom. The molecule has 102 valence electrons. The summed E-state index contributed by atoms with van der Waals surface area (Å²) in [4.78, 5) is 21.9. The van der Waals surface area contributed by atoms with Crippen LogP contribution >= 0.6 is 0 Å². The first-order valence-electron chi connectivity index (χ1n) is 5.00. The van der Waals surface area contributed by atoms with Gasteiger partial charge in [-0.25, -0.2) is 4.79 Å². The van der Waals surface area contributed by atoms with Gasteiger partial charge >= 0.3 is 5.97 Å². The van der Waals surface area contributed by atoms with Crippen molar-refractivity contribution in [1.29, 1.82) is 0 Å². The van der Waals surface area contributed by atoms with Crippen LogP contribution in [0.25, 0.3) is 0 Å². The molecule has 1 aromatic rings. The summed E-state index contributed by atoms with van der Waals surface area (Å²) in [5.74, 6) is -1.82. The molecule has 11 heteroatoms. The number of carboxylic acids is 1. The molecule has 2 radical (unpaired) electrons. The van der Waals surface area contributed by atoms with Gasteiger partial charge in [-0.1, -0.05) is 0 Å². The normalized spacial score (nSPS) is 14.0. The first-order valence-corrected chi connectivity index (χ1v) is 6.44. The van der Waals surface area contributed by atoms with Crippen LogP contribution in [0.4, 0.5) is 5.69 Å². The summed E-state index contributed by atoms with van der Waals surface area (Å²) in [6, 6.07) is 4.67. The van der Waals surface area contributed by atoms with Crippen LogP contribution in [0.5, 0.6) is 0 Å². The number of amides is 1.